The van der Waals surface area contributed by atoms with E-state index < -0.39 is 0 Å². The molecule has 4 rings (SSSR count). The fraction of sp³-hybridized carbons (Fsp3) is 0.917. The number of carbonyl (C=O) groups excluding carboxylic acids is 2. The highest BCUT2D eigenvalue weighted by Gasteiger charge is 2.61. The first-order chi connectivity index (χ1) is 13.3. The van der Waals surface area contributed by atoms with Crippen LogP contribution in [0.4, 0.5) is 0 Å². The van der Waals surface area contributed by atoms with Gasteiger partial charge in [-0.25, -0.2) is 0 Å². The summed E-state index contributed by atoms with van der Waals surface area (Å²) in [6.07, 6.45) is 10.6. The molecule has 4 fully saturated rings. The quantitative estimate of drug-likeness (QED) is 0.717. The van der Waals surface area contributed by atoms with E-state index >= 15 is 0 Å². The standard InChI is InChI=1S/C24H38O4/c1-23-12-10-19-17(14-21(26)20-13-16(25)9-11-24(19,20)2)18(23)8-7-15(23)5-4-6-22(27)28-3/h15-20,25H,4-14H2,1-3H3/t15-,16+,17-,18-,19-,20-,23+,24+/m0/s1. The lowest BCUT2D eigenvalue weighted by molar-refractivity contribution is -0.159. The molecule has 0 aromatic heterocycles. The minimum absolute atomic E-state index is 0.0825. The molecule has 0 aliphatic heterocycles. The number of ketones is 1. The van der Waals surface area contributed by atoms with Crippen molar-refractivity contribution in [2.75, 3.05) is 7.11 Å². The number of aliphatic hydroxyl groups is 1. The van der Waals surface area contributed by atoms with Crippen molar-refractivity contribution in [2.45, 2.75) is 90.6 Å². The molecule has 0 bridgehead atoms. The molecule has 28 heavy (non-hydrogen) atoms. The maximum atomic E-state index is 13.1. The van der Waals surface area contributed by atoms with Crippen molar-refractivity contribution in [2.24, 2.45) is 40.4 Å². The topological polar surface area (TPSA) is 63.6 Å². The van der Waals surface area contributed by atoms with Gasteiger partial charge in [-0.15, -0.1) is 0 Å². The molecule has 0 spiro atoms. The van der Waals surface area contributed by atoms with Gasteiger partial charge in [-0.05, 0) is 92.3 Å². The molecular formula is C24H38O4. The predicted octanol–water partition coefficient (Wildman–Crippen LogP) is 4.53. The second-order valence-electron chi connectivity index (χ2n) is 10.8. The first kappa shape index (κ1) is 20.4. The second kappa shape index (κ2) is 7.41. The Morgan fingerprint density at radius 1 is 1.11 bits per heavy atom. The minimum Gasteiger partial charge on any atom is -0.469 e. The summed E-state index contributed by atoms with van der Waals surface area (Å²) >= 11 is 0. The van der Waals surface area contributed by atoms with Crippen LogP contribution in [0.25, 0.3) is 0 Å². The van der Waals surface area contributed by atoms with Crippen LogP contribution in [0.15, 0.2) is 0 Å². The molecule has 0 heterocycles. The number of carbonyl (C=O) groups is 2. The normalized spacial score (nSPS) is 47.8. The lowest BCUT2D eigenvalue weighted by Gasteiger charge is -2.60. The summed E-state index contributed by atoms with van der Waals surface area (Å²) in [5.74, 6) is 2.93. The highest BCUT2D eigenvalue weighted by atomic mass is 16.5. The van der Waals surface area contributed by atoms with Gasteiger partial charge in [0.2, 0.25) is 0 Å². The Labute approximate surface area is 169 Å². The monoisotopic (exact) mass is 390 g/mol. The highest BCUT2D eigenvalue weighted by molar-refractivity contribution is 5.83. The maximum Gasteiger partial charge on any atom is 0.305 e. The molecule has 158 valence electrons. The van der Waals surface area contributed by atoms with Gasteiger partial charge in [-0.1, -0.05) is 13.8 Å². The van der Waals surface area contributed by atoms with Crippen molar-refractivity contribution in [1.29, 1.82) is 0 Å². The highest BCUT2D eigenvalue weighted by Crippen LogP contribution is 2.67. The number of hydrogen-bond acceptors (Lipinski definition) is 4. The summed E-state index contributed by atoms with van der Waals surface area (Å²) in [6.45, 7) is 4.84. The average molecular weight is 391 g/mol. The molecule has 4 heteroatoms. The van der Waals surface area contributed by atoms with Gasteiger partial charge in [0, 0.05) is 18.8 Å². The van der Waals surface area contributed by atoms with Gasteiger partial charge in [0.15, 0.2) is 0 Å². The zero-order valence-electron chi connectivity index (χ0n) is 17.9. The van der Waals surface area contributed by atoms with Crippen LogP contribution in [0, 0.1) is 40.4 Å². The summed E-state index contributed by atoms with van der Waals surface area (Å²) in [4.78, 5) is 24.6. The van der Waals surface area contributed by atoms with Crippen molar-refractivity contribution in [3.63, 3.8) is 0 Å². The van der Waals surface area contributed by atoms with Gasteiger partial charge in [0.1, 0.15) is 5.78 Å². The fourth-order valence-electron chi connectivity index (χ4n) is 8.20. The van der Waals surface area contributed by atoms with E-state index in [-0.39, 0.29) is 23.4 Å². The smallest absolute Gasteiger partial charge is 0.305 e. The molecule has 4 aliphatic rings. The molecule has 0 radical (unpaired) electrons. The molecule has 4 nitrogen and oxygen atoms in total. The predicted molar refractivity (Wildman–Crippen MR) is 107 cm³/mol. The first-order valence-corrected chi connectivity index (χ1v) is 11.6. The van der Waals surface area contributed by atoms with Crippen LogP contribution in [0.2, 0.25) is 0 Å². The van der Waals surface area contributed by atoms with Crippen LogP contribution in [0.3, 0.4) is 0 Å². The lowest BCUT2D eigenvalue weighted by Crippen LogP contribution is -2.57. The van der Waals surface area contributed by atoms with E-state index in [9.17, 15) is 14.7 Å². The third-order valence-corrected chi connectivity index (χ3v) is 9.79. The van der Waals surface area contributed by atoms with Crippen molar-refractivity contribution in [3.8, 4) is 0 Å². The third-order valence-electron chi connectivity index (χ3n) is 9.79. The summed E-state index contributed by atoms with van der Waals surface area (Å²) in [7, 11) is 1.47. The molecular weight excluding hydrogens is 352 g/mol. The Hall–Kier alpha value is -0.900. The maximum absolute atomic E-state index is 13.1. The van der Waals surface area contributed by atoms with Crippen LogP contribution >= 0.6 is 0 Å². The van der Waals surface area contributed by atoms with Gasteiger partial charge in [0.25, 0.3) is 0 Å². The number of fused-ring (bicyclic) bond motifs is 5. The largest absolute Gasteiger partial charge is 0.469 e. The number of rotatable bonds is 4. The van der Waals surface area contributed by atoms with Crippen molar-refractivity contribution in [1.82, 2.24) is 0 Å². The minimum atomic E-state index is -0.280. The van der Waals surface area contributed by atoms with E-state index in [1.807, 2.05) is 0 Å². The van der Waals surface area contributed by atoms with Gasteiger partial charge in [-0.2, -0.15) is 0 Å². The molecule has 4 aliphatic carbocycles. The summed E-state index contributed by atoms with van der Waals surface area (Å²) in [6, 6.07) is 0. The average Bonchev–Trinajstić information content (AvgIpc) is 3.00. The summed E-state index contributed by atoms with van der Waals surface area (Å²) < 4.78 is 4.80. The van der Waals surface area contributed by atoms with Crippen molar-refractivity contribution < 1.29 is 19.4 Å². The number of aliphatic hydroxyl groups excluding tert-OH is 1. The van der Waals surface area contributed by atoms with Crippen molar-refractivity contribution in [3.05, 3.63) is 0 Å². The Balaban J connectivity index is 1.49. The van der Waals surface area contributed by atoms with E-state index in [2.05, 4.69) is 13.8 Å². The van der Waals surface area contributed by atoms with Gasteiger partial charge in [-0.3, -0.25) is 9.59 Å². The number of esters is 1. The van der Waals surface area contributed by atoms with Crippen LogP contribution in [0.5, 0.6) is 0 Å². The molecule has 4 saturated carbocycles. The van der Waals surface area contributed by atoms with Crippen LogP contribution in [0.1, 0.15) is 84.5 Å². The fourth-order valence-corrected chi connectivity index (χ4v) is 8.20. The Morgan fingerprint density at radius 3 is 2.57 bits per heavy atom. The van der Waals surface area contributed by atoms with Crippen LogP contribution < -0.4 is 0 Å². The molecule has 0 aromatic carbocycles. The zero-order chi connectivity index (χ0) is 20.1. The zero-order valence-corrected chi connectivity index (χ0v) is 17.9. The molecule has 0 unspecified atom stereocenters. The number of ether oxygens (including phenoxy) is 1. The van der Waals surface area contributed by atoms with E-state index in [0.717, 1.165) is 32.1 Å². The van der Waals surface area contributed by atoms with Crippen molar-refractivity contribution >= 4 is 11.8 Å². The Kier molecular flexibility index (Phi) is 5.39. The molecule has 0 saturated heterocycles. The van der Waals surface area contributed by atoms with E-state index in [1.54, 1.807) is 0 Å². The van der Waals surface area contributed by atoms with Gasteiger partial charge < -0.3 is 9.84 Å². The third kappa shape index (κ3) is 3.14. The number of Topliss-reactive ketones (excluding diaryl/α,β-unsaturated/α-hetero) is 1. The first-order valence-electron chi connectivity index (χ1n) is 11.6. The van der Waals surface area contributed by atoms with E-state index in [0.29, 0.717) is 47.7 Å². The van der Waals surface area contributed by atoms with E-state index in [4.69, 9.17) is 4.74 Å². The van der Waals surface area contributed by atoms with Crippen LogP contribution in [-0.2, 0) is 14.3 Å². The molecule has 1 N–H and O–H groups in total. The molecule has 0 amide bonds. The SMILES string of the molecule is COC(=O)CCC[C@H]1CC[C@H]2[C@@H]3CC(=O)[C@@H]4C[C@H](O)CC[C@]4(C)[C@H]3CC[C@]12C. The number of methoxy groups -OCH3 is 1. The lowest BCUT2D eigenvalue weighted by atomic mass is 9.44. The number of hydrogen-bond donors (Lipinski definition) is 1. The van der Waals surface area contributed by atoms with E-state index in [1.165, 1.54) is 32.8 Å². The van der Waals surface area contributed by atoms with Gasteiger partial charge in [0.05, 0.1) is 13.2 Å². The Bertz CT molecular complexity index is 630. The second-order valence-corrected chi connectivity index (χ2v) is 10.8. The van der Waals surface area contributed by atoms with Crippen LogP contribution in [-0.4, -0.2) is 30.1 Å². The molecule has 8 atom stereocenters. The summed E-state index contributed by atoms with van der Waals surface area (Å²) in [5, 5.41) is 10.2. The van der Waals surface area contributed by atoms with Gasteiger partial charge >= 0.3 is 5.97 Å². The Morgan fingerprint density at radius 2 is 1.82 bits per heavy atom. The molecule has 0 aromatic rings. The summed E-state index contributed by atoms with van der Waals surface area (Å²) in [5.41, 5.74) is 0.429.